The van der Waals surface area contributed by atoms with Gasteiger partial charge in [-0.2, -0.15) is 0 Å². The molecule has 3 amide bonds. The highest BCUT2D eigenvalue weighted by Gasteiger charge is 2.11. The van der Waals surface area contributed by atoms with Crippen molar-refractivity contribution in [2.45, 2.75) is 0 Å². The standard InChI is InChI=1S/C13H17N3O5/c1-16(2)10-6-4-3-5-9(10)14-13(20)15-11(17)7-21-8-12(18)19/h3-6H,7-8H2,1-2H3,(H,18,19)(H2,14,15,17,20). The van der Waals surface area contributed by atoms with Gasteiger partial charge in [0.05, 0.1) is 11.4 Å². The molecular formula is C13H17N3O5. The first kappa shape index (κ1) is 16.4. The monoisotopic (exact) mass is 295 g/mol. The summed E-state index contributed by atoms with van der Waals surface area (Å²) in [6.45, 7) is -1.10. The second kappa shape index (κ2) is 7.85. The van der Waals surface area contributed by atoms with E-state index in [0.29, 0.717) is 5.69 Å². The fourth-order valence-electron chi connectivity index (χ4n) is 1.52. The number of aliphatic carboxylic acids is 1. The van der Waals surface area contributed by atoms with Gasteiger partial charge in [0.2, 0.25) is 0 Å². The van der Waals surface area contributed by atoms with Crippen LogP contribution in [-0.2, 0) is 14.3 Å². The molecule has 0 spiro atoms. The van der Waals surface area contributed by atoms with Crippen LogP contribution in [0, 0.1) is 0 Å². The van der Waals surface area contributed by atoms with Gasteiger partial charge in [0, 0.05) is 14.1 Å². The van der Waals surface area contributed by atoms with Crippen LogP contribution in [0.25, 0.3) is 0 Å². The number of urea groups is 1. The van der Waals surface area contributed by atoms with E-state index in [4.69, 9.17) is 5.11 Å². The van der Waals surface area contributed by atoms with Crippen molar-refractivity contribution in [1.82, 2.24) is 5.32 Å². The Morgan fingerprint density at radius 1 is 1.19 bits per heavy atom. The van der Waals surface area contributed by atoms with Crippen molar-refractivity contribution in [2.24, 2.45) is 0 Å². The van der Waals surface area contributed by atoms with Crippen LogP contribution in [0.5, 0.6) is 0 Å². The van der Waals surface area contributed by atoms with E-state index in [1.54, 1.807) is 12.1 Å². The van der Waals surface area contributed by atoms with Crippen molar-refractivity contribution in [3.05, 3.63) is 24.3 Å². The molecule has 1 rings (SSSR count). The van der Waals surface area contributed by atoms with E-state index >= 15 is 0 Å². The van der Waals surface area contributed by atoms with Crippen molar-refractivity contribution in [1.29, 1.82) is 0 Å². The summed E-state index contributed by atoms with van der Waals surface area (Å²) in [5.74, 6) is -1.91. The van der Waals surface area contributed by atoms with Crippen LogP contribution in [0.2, 0.25) is 0 Å². The number of carbonyl (C=O) groups is 3. The number of benzene rings is 1. The third-order valence-corrected chi connectivity index (χ3v) is 2.35. The minimum atomic E-state index is -1.19. The highest BCUT2D eigenvalue weighted by molar-refractivity contribution is 6.03. The van der Waals surface area contributed by atoms with Crippen LogP contribution < -0.4 is 15.5 Å². The zero-order valence-electron chi connectivity index (χ0n) is 11.8. The smallest absolute Gasteiger partial charge is 0.329 e. The molecule has 0 aliphatic rings. The maximum atomic E-state index is 11.7. The number of carboxylic acid groups (broad SMARTS) is 1. The number of carbonyl (C=O) groups excluding carboxylic acids is 2. The molecule has 0 atom stereocenters. The third kappa shape index (κ3) is 5.91. The van der Waals surface area contributed by atoms with Crippen LogP contribution in [0.15, 0.2) is 24.3 Å². The Morgan fingerprint density at radius 2 is 1.86 bits per heavy atom. The number of nitrogens with zero attached hydrogens (tertiary/aromatic N) is 1. The van der Waals surface area contributed by atoms with Gasteiger partial charge in [0.25, 0.3) is 5.91 Å². The van der Waals surface area contributed by atoms with E-state index in [9.17, 15) is 14.4 Å². The average Bonchev–Trinajstić information content (AvgIpc) is 2.38. The molecule has 0 aromatic heterocycles. The molecule has 1 aromatic rings. The first-order valence-corrected chi connectivity index (χ1v) is 6.07. The molecule has 0 saturated carbocycles. The number of ether oxygens (including phenoxy) is 1. The van der Waals surface area contributed by atoms with E-state index < -0.39 is 31.1 Å². The number of hydrogen-bond acceptors (Lipinski definition) is 5. The lowest BCUT2D eigenvalue weighted by Gasteiger charge is -2.17. The minimum Gasteiger partial charge on any atom is -0.480 e. The van der Waals surface area contributed by atoms with Gasteiger partial charge in [-0.05, 0) is 12.1 Å². The highest BCUT2D eigenvalue weighted by Crippen LogP contribution is 2.23. The van der Waals surface area contributed by atoms with Crippen molar-refractivity contribution in [2.75, 3.05) is 37.5 Å². The maximum Gasteiger partial charge on any atom is 0.329 e. The van der Waals surface area contributed by atoms with Gasteiger partial charge in [-0.25, -0.2) is 9.59 Å². The number of nitrogens with one attached hydrogen (secondary N) is 2. The molecule has 0 heterocycles. The quantitative estimate of drug-likeness (QED) is 0.705. The molecule has 0 unspecified atom stereocenters. The van der Waals surface area contributed by atoms with Gasteiger partial charge in [0.15, 0.2) is 0 Å². The molecule has 0 radical (unpaired) electrons. The summed E-state index contributed by atoms with van der Waals surface area (Å²) in [5, 5.41) is 12.9. The van der Waals surface area contributed by atoms with Gasteiger partial charge in [-0.15, -0.1) is 0 Å². The van der Waals surface area contributed by atoms with Gasteiger partial charge in [-0.1, -0.05) is 12.1 Å². The molecule has 114 valence electrons. The SMILES string of the molecule is CN(C)c1ccccc1NC(=O)NC(=O)COCC(=O)O. The number of para-hydroxylation sites is 2. The summed E-state index contributed by atoms with van der Waals surface area (Å²) < 4.78 is 4.57. The summed E-state index contributed by atoms with van der Waals surface area (Å²) in [6, 6.07) is 6.37. The van der Waals surface area contributed by atoms with Crippen LogP contribution in [0.4, 0.5) is 16.2 Å². The van der Waals surface area contributed by atoms with E-state index in [1.165, 1.54) is 0 Å². The Morgan fingerprint density at radius 3 is 2.48 bits per heavy atom. The molecular weight excluding hydrogens is 278 g/mol. The molecule has 0 aliphatic heterocycles. The topological polar surface area (TPSA) is 108 Å². The van der Waals surface area contributed by atoms with E-state index in [0.717, 1.165) is 5.69 Å². The molecule has 0 saturated heterocycles. The van der Waals surface area contributed by atoms with E-state index in [2.05, 4.69) is 10.1 Å². The second-order valence-corrected chi connectivity index (χ2v) is 4.30. The minimum absolute atomic E-state index is 0.505. The Bertz CT molecular complexity index is 530. The van der Waals surface area contributed by atoms with Gasteiger partial charge in [0.1, 0.15) is 13.2 Å². The average molecular weight is 295 g/mol. The molecule has 0 fully saturated rings. The Balaban J connectivity index is 2.50. The van der Waals surface area contributed by atoms with Gasteiger partial charge >= 0.3 is 12.0 Å². The zero-order chi connectivity index (χ0) is 15.8. The second-order valence-electron chi connectivity index (χ2n) is 4.30. The highest BCUT2D eigenvalue weighted by atomic mass is 16.5. The van der Waals surface area contributed by atoms with Crippen molar-refractivity contribution in [3.8, 4) is 0 Å². The fraction of sp³-hybridized carbons (Fsp3) is 0.308. The lowest BCUT2D eigenvalue weighted by Crippen LogP contribution is -2.37. The van der Waals surface area contributed by atoms with Crippen molar-refractivity contribution >= 4 is 29.3 Å². The molecule has 21 heavy (non-hydrogen) atoms. The molecule has 8 nitrogen and oxygen atoms in total. The first-order valence-electron chi connectivity index (χ1n) is 6.07. The van der Waals surface area contributed by atoms with Crippen molar-refractivity contribution in [3.63, 3.8) is 0 Å². The largest absolute Gasteiger partial charge is 0.480 e. The summed E-state index contributed by atoms with van der Waals surface area (Å²) in [4.78, 5) is 35.0. The zero-order valence-corrected chi connectivity index (χ0v) is 11.8. The summed E-state index contributed by atoms with van der Waals surface area (Å²) in [6.07, 6.45) is 0. The Kier molecular flexibility index (Phi) is 6.15. The number of rotatable bonds is 6. The molecule has 0 aliphatic carbocycles. The van der Waals surface area contributed by atoms with E-state index in [-0.39, 0.29) is 0 Å². The lowest BCUT2D eigenvalue weighted by atomic mass is 10.2. The normalized spacial score (nSPS) is 9.81. The summed E-state index contributed by atoms with van der Waals surface area (Å²) in [7, 11) is 3.65. The van der Waals surface area contributed by atoms with Crippen LogP contribution in [-0.4, -0.2) is 50.3 Å². The van der Waals surface area contributed by atoms with Gasteiger partial charge in [-0.3, -0.25) is 10.1 Å². The predicted octanol–water partition coefficient (Wildman–Crippen LogP) is 0.502. The molecule has 3 N–H and O–H groups in total. The number of imide groups is 1. The predicted molar refractivity (Wildman–Crippen MR) is 76.4 cm³/mol. The summed E-state index contributed by atoms with van der Waals surface area (Å²) >= 11 is 0. The molecule has 0 bridgehead atoms. The van der Waals surface area contributed by atoms with Gasteiger partial charge < -0.3 is 20.1 Å². The van der Waals surface area contributed by atoms with E-state index in [1.807, 2.05) is 36.4 Å². The first-order chi connectivity index (χ1) is 9.90. The fourth-order valence-corrected chi connectivity index (χ4v) is 1.52. The third-order valence-electron chi connectivity index (χ3n) is 2.35. The van der Waals surface area contributed by atoms with Crippen LogP contribution in [0.1, 0.15) is 0 Å². The lowest BCUT2D eigenvalue weighted by molar-refractivity contribution is -0.143. The molecule has 1 aromatic carbocycles. The Hall–Kier alpha value is -2.61. The number of hydrogen-bond donors (Lipinski definition) is 3. The Labute approximate surface area is 121 Å². The van der Waals surface area contributed by atoms with Crippen LogP contribution >= 0.6 is 0 Å². The maximum absolute atomic E-state index is 11.7. The van der Waals surface area contributed by atoms with Crippen molar-refractivity contribution < 1.29 is 24.2 Å². The van der Waals surface area contributed by atoms with Crippen LogP contribution in [0.3, 0.4) is 0 Å². The summed E-state index contributed by atoms with van der Waals surface area (Å²) in [5.41, 5.74) is 1.32. The number of carboxylic acids is 1. The molecule has 8 heteroatoms. The number of anilines is 2. The number of amides is 3.